The Bertz CT molecular complexity index is 207. The lowest BCUT2D eigenvalue weighted by atomic mass is 10.2. The summed E-state index contributed by atoms with van der Waals surface area (Å²) in [6.07, 6.45) is 2.57. The zero-order chi connectivity index (χ0) is 8.27. The molecule has 11 heavy (non-hydrogen) atoms. The molecule has 0 saturated carbocycles. The number of hydrogen-bond acceptors (Lipinski definition) is 1. The molecule has 1 nitrogen and oxygen atoms in total. The first kappa shape index (κ1) is 8.20. The van der Waals surface area contributed by atoms with E-state index in [2.05, 4.69) is 30.2 Å². The van der Waals surface area contributed by atoms with Gasteiger partial charge in [-0.15, -0.1) is 0 Å². The Morgan fingerprint density at radius 3 is 2.82 bits per heavy atom. The van der Waals surface area contributed by atoms with Gasteiger partial charge in [-0.2, -0.15) is 0 Å². The second-order valence-electron chi connectivity index (χ2n) is 3.01. The van der Waals surface area contributed by atoms with Crippen molar-refractivity contribution in [1.29, 1.82) is 0 Å². The Kier molecular flexibility index (Phi) is 2.59. The van der Waals surface area contributed by atoms with Crippen LogP contribution >= 0.6 is 0 Å². The maximum Gasteiger partial charge on any atom is 0.0808 e. The lowest BCUT2D eigenvalue weighted by Gasteiger charge is -2.22. The average Bonchev–Trinajstić information content (AvgIpc) is 2.36. The predicted molar refractivity (Wildman–Crippen MR) is 48.0 cm³/mol. The molecule has 1 fully saturated rings. The first-order chi connectivity index (χ1) is 5.25. The minimum Gasteiger partial charge on any atom is -0.363 e. The molecule has 0 bridgehead atoms. The van der Waals surface area contributed by atoms with Crippen LogP contribution in [0.1, 0.15) is 26.7 Å². The zero-order valence-corrected chi connectivity index (χ0v) is 7.35. The van der Waals surface area contributed by atoms with Crippen LogP contribution in [0.2, 0.25) is 0 Å². The first-order valence-corrected chi connectivity index (χ1v) is 4.14. The number of likely N-dealkylation sites (tertiary alicyclic amines) is 1. The third kappa shape index (κ3) is 1.77. The molecular weight excluding hydrogens is 134 g/mol. The molecular formula is C10H15N. The lowest BCUT2D eigenvalue weighted by molar-refractivity contribution is 0.355. The summed E-state index contributed by atoms with van der Waals surface area (Å²) in [7, 11) is 0. The minimum atomic E-state index is 0.642. The van der Waals surface area contributed by atoms with E-state index in [-0.39, 0.29) is 0 Å². The van der Waals surface area contributed by atoms with Crippen LogP contribution in [-0.2, 0) is 0 Å². The van der Waals surface area contributed by atoms with Crippen LogP contribution in [-0.4, -0.2) is 17.5 Å². The van der Waals surface area contributed by atoms with Crippen LogP contribution in [0, 0.1) is 11.8 Å². The van der Waals surface area contributed by atoms with Crippen LogP contribution in [0.5, 0.6) is 0 Å². The maximum absolute atomic E-state index is 3.93. The molecule has 1 aliphatic rings. The average molecular weight is 149 g/mol. The molecule has 1 heteroatoms. The maximum atomic E-state index is 3.93. The monoisotopic (exact) mass is 149 g/mol. The van der Waals surface area contributed by atoms with Crippen molar-refractivity contribution in [2.75, 3.05) is 6.54 Å². The van der Waals surface area contributed by atoms with Gasteiger partial charge < -0.3 is 4.90 Å². The van der Waals surface area contributed by atoms with Gasteiger partial charge in [0.15, 0.2) is 0 Å². The Morgan fingerprint density at radius 2 is 2.36 bits per heavy atom. The van der Waals surface area contributed by atoms with E-state index in [1.165, 1.54) is 12.8 Å². The summed E-state index contributed by atoms with van der Waals surface area (Å²) in [5.41, 5.74) is 0.984. The van der Waals surface area contributed by atoms with Crippen molar-refractivity contribution in [1.82, 2.24) is 4.90 Å². The lowest BCUT2D eigenvalue weighted by Crippen LogP contribution is -2.24. The van der Waals surface area contributed by atoms with Crippen molar-refractivity contribution in [2.24, 2.45) is 0 Å². The van der Waals surface area contributed by atoms with E-state index in [9.17, 15) is 0 Å². The molecule has 1 saturated heterocycles. The van der Waals surface area contributed by atoms with Gasteiger partial charge in [-0.3, -0.25) is 0 Å². The first-order valence-electron chi connectivity index (χ1n) is 4.14. The molecule has 0 aromatic rings. The highest BCUT2D eigenvalue weighted by atomic mass is 15.2. The van der Waals surface area contributed by atoms with E-state index < -0.39 is 0 Å². The standard InChI is InChI=1S/C10H15N/c1-4-6-9(2)11-8-5-7-10(11)3/h10H,2,5,7-8H2,1,3H3. The Morgan fingerprint density at radius 1 is 1.64 bits per heavy atom. The summed E-state index contributed by atoms with van der Waals surface area (Å²) in [5, 5.41) is 0. The zero-order valence-electron chi connectivity index (χ0n) is 7.35. The van der Waals surface area contributed by atoms with Gasteiger partial charge in [0.1, 0.15) is 0 Å². The summed E-state index contributed by atoms with van der Waals surface area (Å²) < 4.78 is 0. The summed E-state index contributed by atoms with van der Waals surface area (Å²) in [6, 6.07) is 0.642. The minimum absolute atomic E-state index is 0.642. The van der Waals surface area contributed by atoms with E-state index in [4.69, 9.17) is 0 Å². The fourth-order valence-corrected chi connectivity index (χ4v) is 1.55. The van der Waals surface area contributed by atoms with Crippen LogP contribution in [0.4, 0.5) is 0 Å². The van der Waals surface area contributed by atoms with E-state index in [0.29, 0.717) is 6.04 Å². The Balaban J connectivity index is 2.57. The Hall–Kier alpha value is -0.900. The van der Waals surface area contributed by atoms with Crippen molar-refractivity contribution >= 4 is 0 Å². The SMILES string of the molecule is C=C(C#CC)N1CCCC1C. The van der Waals surface area contributed by atoms with Gasteiger partial charge in [0.25, 0.3) is 0 Å². The van der Waals surface area contributed by atoms with E-state index >= 15 is 0 Å². The van der Waals surface area contributed by atoms with Gasteiger partial charge in [0.05, 0.1) is 5.70 Å². The normalized spacial score (nSPS) is 22.7. The van der Waals surface area contributed by atoms with Crippen LogP contribution in [0.15, 0.2) is 12.3 Å². The predicted octanol–water partition coefficient (Wildman–Crippen LogP) is 2.01. The molecule has 0 aromatic heterocycles. The molecule has 0 radical (unpaired) electrons. The molecule has 60 valence electrons. The highest BCUT2D eigenvalue weighted by molar-refractivity contribution is 5.24. The van der Waals surface area contributed by atoms with E-state index in [1.807, 2.05) is 6.92 Å². The molecule has 1 heterocycles. The van der Waals surface area contributed by atoms with Gasteiger partial charge in [0.2, 0.25) is 0 Å². The molecule has 0 aromatic carbocycles. The molecule has 1 atom stereocenters. The van der Waals surface area contributed by atoms with Crippen molar-refractivity contribution in [3.63, 3.8) is 0 Å². The quantitative estimate of drug-likeness (QED) is 0.515. The number of allylic oxidation sites excluding steroid dienone is 1. The van der Waals surface area contributed by atoms with Crippen LogP contribution in [0.3, 0.4) is 0 Å². The molecule has 1 aliphatic heterocycles. The van der Waals surface area contributed by atoms with E-state index in [1.54, 1.807) is 0 Å². The number of rotatable bonds is 1. The Labute approximate surface area is 69.1 Å². The second kappa shape index (κ2) is 3.48. The van der Waals surface area contributed by atoms with Gasteiger partial charge in [-0.1, -0.05) is 18.4 Å². The summed E-state index contributed by atoms with van der Waals surface area (Å²) >= 11 is 0. The van der Waals surface area contributed by atoms with Crippen molar-refractivity contribution < 1.29 is 0 Å². The molecule has 1 unspecified atom stereocenters. The smallest absolute Gasteiger partial charge is 0.0808 e. The van der Waals surface area contributed by atoms with Gasteiger partial charge in [0, 0.05) is 12.6 Å². The van der Waals surface area contributed by atoms with Gasteiger partial charge >= 0.3 is 0 Å². The number of hydrogen-bond donors (Lipinski definition) is 0. The second-order valence-corrected chi connectivity index (χ2v) is 3.01. The third-order valence-corrected chi connectivity index (χ3v) is 2.17. The molecule has 0 aliphatic carbocycles. The number of nitrogens with zero attached hydrogens (tertiary/aromatic N) is 1. The highest BCUT2D eigenvalue weighted by Gasteiger charge is 2.19. The van der Waals surface area contributed by atoms with Crippen LogP contribution < -0.4 is 0 Å². The molecule has 0 amide bonds. The fourth-order valence-electron chi connectivity index (χ4n) is 1.55. The highest BCUT2D eigenvalue weighted by Crippen LogP contribution is 2.19. The summed E-state index contributed by atoms with van der Waals surface area (Å²) in [4.78, 5) is 2.29. The molecule has 0 N–H and O–H groups in total. The fraction of sp³-hybridized carbons (Fsp3) is 0.600. The van der Waals surface area contributed by atoms with Crippen molar-refractivity contribution in [2.45, 2.75) is 32.7 Å². The van der Waals surface area contributed by atoms with Crippen LogP contribution in [0.25, 0.3) is 0 Å². The van der Waals surface area contributed by atoms with E-state index in [0.717, 1.165) is 12.2 Å². The molecule has 1 rings (SSSR count). The van der Waals surface area contributed by atoms with Crippen molar-refractivity contribution in [3.8, 4) is 11.8 Å². The largest absolute Gasteiger partial charge is 0.363 e. The van der Waals surface area contributed by atoms with Crippen molar-refractivity contribution in [3.05, 3.63) is 12.3 Å². The summed E-state index contributed by atoms with van der Waals surface area (Å²) in [5.74, 6) is 5.87. The van der Waals surface area contributed by atoms with Gasteiger partial charge in [-0.05, 0) is 26.7 Å². The topological polar surface area (TPSA) is 3.24 Å². The van der Waals surface area contributed by atoms with Gasteiger partial charge in [-0.25, -0.2) is 0 Å². The third-order valence-electron chi connectivity index (χ3n) is 2.17. The molecule has 0 spiro atoms. The summed E-state index contributed by atoms with van der Waals surface area (Å²) in [6.45, 7) is 9.15.